The molecular weight excluding hydrogens is 286 g/mol. The molecule has 1 aliphatic rings. The van der Waals surface area contributed by atoms with E-state index in [1.165, 1.54) is 0 Å². The molecule has 96 valence electrons. The van der Waals surface area contributed by atoms with E-state index in [0.717, 1.165) is 5.32 Å². The van der Waals surface area contributed by atoms with E-state index in [0.29, 0.717) is 0 Å². The summed E-state index contributed by atoms with van der Waals surface area (Å²) in [6.45, 7) is 8.19. The van der Waals surface area contributed by atoms with Crippen molar-refractivity contribution >= 4 is 41.7 Å². The minimum absolute atomic E-state index is 1.06. The van der Waals surface area contributed by atoms with Crippen molar-refractivity contribution in [3.8, 4) is 0 Å². The molecule has 2 rings (SSSR count). The molecule has 5 nitrogen and oxygen atoms in total. The molecule has 0 radical (unpaired) electrons. The summed E-state index contributed by atoms with van der Waals surface area (Å²) in [6, 6.07) is 3.99. The van der Waals surface area contributed by atoms with Crippen molar-refractivity contribution < 1.29 is 16.5 Å². The van der Waals surface area contributed by atoms with Crippen LogP contribution < -0.4 is 5.32 Å². The van der Waals surface area contributed by atoms with E-state index in [-0.39, 0.29) is 0 Å². The standard InChI is InChI=1S/C8H19NO4Si4/c1-14-10-15(2)12-17(4,13-16(3)11-14)8-6-5-7-9-8/h5-7,9,14-16H,1-4H3. The number of hydrogen-bond acceptors (Lipinski definition) is 4. The lowest BCUT2D eigenvalue weighted by Crippen LogP contribution is -2.60. The van der Waals surface area contributed by atoms with Gasteiger partial charge in [-0.15, -0.1) is 0 Å². The Morgan fingerprint density at radius 1 is 1.06 bits per heavy atom. The summed E-state index contributed by atoms with van der Waals surface area (Å²) in [4.78, 5) is 3.20. The highest BCUT2D eigenvalue weighted by atomic mass is 28.5. The third kappa shape index (κ3) is 3.26. The molecule has 1 aliphatic heterocycles. The monoisotopic (exact) mass is 305 g/mol. The van der Waals surface area contributed by atoms with Crippen LogP contribution in [0.2, 0.25) is 26.2 Å². The SMILES string of the molecule is C[SiH]1O[SiH](C)O[Si](C)(c2ccc[nH]2)O[SiH](C)O1. The predicted octanol–water partition coefficient (Wildman–Crippen LogP) is -0.0754. The first-order valence-electron chi connectivity index (χ1n) is 5.80. The van der Waals surface area contributed by atoms with E-state index >= 15 is 0 Å². The van der Waals surface area contributed by atoms with Crippen molar-refractivity contribution in [3.63, 3.8) is 0 Å². The second-order valence-electron chi connectivity index (χ2n) is 4.24. The second-order valence-corrected chi connectivity index (χ2v) is 14.1. The fraction of sp³-hybridized carbons (Fsp3) is 0.500. The van der Waals surface area contributed by atoms with E-state index in [1.54, 1.807) is 0 Å². The van der Waals surface area contributed by atoms with Crippen LogP contribution in [-0.4, -0.2) is 41.4 Å². The molecule has 2 heterocycles. The van der Waals surface area contributed by atoms with Gasteiger partial charge in [0.15, 0.2) is 0 Å². The molecule has 0 bridgehead atoms. The summed E-state index contributed by atoms with van der Waals surface area (Å²) in [5.74, 6) is 0. The zero-order valence-corrected chi connectivity index (χ0v) is 15.1. The van der Waals surface area contributed by atoms with Gasteiger partial charge in [0.25, 0.3) is 9.28 Å². The van der Waals surface area contributed by atoms with Gasteiger partial charge in [-0.25, -0.2) is 0 Å². The molecule has 1 aromatic heterocycles. The molecule has 17 heavy (non-hydrogen) atoms. The average molecular weight is 306 g/mol. The topological polar surface area (TPSA) is 52.7 Å². The molecule has 0 aromatic carbocycles. The van der Waals surface area contributed by atoms with Gasteiger partial charge in [0.1, 0.15) is 0 Å². The Morgan fingerprint density at radius 3 is 2.12 bits per heavy atom. The molecule has 1 fully saturated rings. The Hall–Kier alpha value is -0.0125. The smallest absolute Gasteiger partial charge is 0.368 e. The number of hydrogen-bond donors (Lipinski definition) is 1. The minimum atomic E-state index is -2.36. The average Bonchev–Trinajstić information content (AvgIpc) is 2.66. The molecule has 0 saturated carbocycles. The van der Waals surface area contributed by atoms with Gasteiger partial charge < -0.3 is 21.4 Å². The Bertz CT molecular complexity index is 348. The van der Waals surface area contributed by atoms with Crippen LogP contribution in [0.4, 0.5) is 0 Å². The summed E-state index contributed by atoms with van der Waals surface area (Å²) in [5, 5.41) is 1.06. The van der Waals surface area contributed by atoms with Gasteiger partial charge in [-0.2, -0.15) is 0 Å². The maximum atomic E-state index is 6.16. The van der Waals surface area contributed by atoms with Crippen LogP contribution in [0.15, 0.2) is 18.3 Å². The Labute approximate surface area is 108 Å². The molecule has 0 aliphatic carbocycles. The zero-order chi connectivity index (χ0) is 12.5. The summed E-state index contributed by atoms with van der Waals surface area (Å²) < 4.78 is 24.0. The van der Waals surface area contributed by atoms with Crippen LogP contribution in [0.25, 0.3) is 0 Å². The van der Waals surface area contributed by atoms with E-state index in [2.05, 4.69) is 11.5 Å². The van der Waals surface area contributed by atoms with Crippen LogP contribution in [0.1, 0.15) is 0 Å². The maximum Gasteiger partial charge on any atom is 0.368 e. The highest BCUT2D eigenvalue weighted by Crippen LogP contribution is 2.15. The number of nitrogens with one attached hydrogen (secondary N) is 1. The fourth-order valence-corrected chi connectivity index (χ4v) is 16.2. The van der Waals surface area contributed by atoms with Crippen molar-refractivity contribution in [3.05, 3.63) is 18.3 Å². The third-order valence-corrected chi connectivity index (χ3v) is 16.3. The van der Waals surface area contributed by atoms with Gasteiger partial charge in [-0.05, 0) is 38.3 Å². The molecule has 9 heteroatoms. The first-order chi connectivity index (χ1) is 7.99. The van der Waals surface area contributed by atoms with Gasteiger partial charge in [0, 0.05) is 6.20 Å². The van der Waals surface area contributed by atoms with E-state index in [4.69, 9.17) is 16.5 Å². The maximum absolute atomic E-state index is 6.16. The highest BCUT2D eigenvalue weighted by Gasteiger charge is 2.42. The molecule has 2 unspecified atom stereocenters. The lowest BCUT2D eigenvalue weighted by Gasteiger charge is -2.36. The van der Waals surface area contributed by atoms with Crippen molar-refractivity contribution in [2.75, 3.05) is 0 Å². The number of H-pyrrole nitrogens is 1. The quantitative estimate of drug-likeness (QED) is 0.738. The van der Waals surface area contributed by atoms with Gasteiger partial charge in [-0.1, -0.05) is 0 Å². The molecule has 0 amide bonds. The van der Waals surface area contributed by atoms with Gasteiger partial charge in [-0.3, -0.25) is 0 Å². The molecule has 0 spiro atoms. The molecule has 2 atom stereocenters. The summed E-state index contributed by atoms with van der Waals surface area (Å²) in [5.41, 5.74) is 0. The highest BCUT2D eigenvalue weighted by molar-refractivity contribution is 6.88. The van der Waals surface area contributed by atoms with E-state index in [9.17, 15) is 0 Å². The van der Waals surface area contributed by atoms with E-state index < -0.39 is 36.4 Å². The summed E-state index contributed by atoms with van der Waals surface area (Å²) in [7, 11) is -7.19. The Kier molecular flexibility index (Phi) is 4.20. The first-order valence-corrected chi connectivity index (χ1v) is 14.4. The van der Waals surface area contributed by atoms with Gasteiger partial charge in [0.05, 0.1) is 5.32 Å². The fourth-order valence-electron chi connectivity index (χ4n) is 2.03. The van der Waals surface area contributed by atoms with Gasteiger partial charge >= 0.3 is 27.1 Å². The Balaban J connectivity index is 2.20. The lowest BCUT2D eigenvalue weighted by molar-refractivity contribution is 0.283. The number of aromatic nitrogens is 1. The lowest BCUT2D eigenvalue weighted by atomic mass is 10.7. The number of rotatable bonds is 1. The molecular formula is C8H19NO4Si4. The van der Waals surface area contributed by atoms with Crippen LogP contribution >= 0.6 is 0 Å². The van der Waals surface area contributed by atoms with Crippen LogP contribution in [0, 0.1) is 0 Å². The van der Waals surface area contributed by atoms with Crippen molar-refractivity contribution in [2.45, 2.75) is 26.2 Å². The third-order valence-electron chi connectivity index (χ3n) is 2.64. The molecule has 1 saturated heterocycles. The number of aromatic amines is 1. The molecule has 1 N–H and O–H groups in total. The van der Waals surface area contributed by atoms with Crippen LogP contribution in [0.5, 0.6) is 0 Å². The van der Waals surface area contributed by atoms with Crippen LogP contribution in [0.3, 0.4) is 0 Å². The van der Waals surface area contributed by atoms with Crippen molar-refractivity contribution in [2.24, 2.45) is 0 Å². The van der Waals surface area contributed by atoms with Crippen molar-refractivity contribution in [1.82, 2.24) is 4.98 Å². The zero-order valence-electron chi connectivity index (χ0n) is 10.6. The Morgan fingerprint density at radius 2 is 1.65 bits per heavy atom. The second kappa shape index (κ2) is 5.32. The largest absolute Gasteiger partial charge is 0.420 e. The minimum Gasteiger partial charge on any atom is -0.420 e. The summed E-state index contributed by atoms with van der Waals surface area (Å²) in [6.07, 6.45) is 1.90. The normalized spacial score (nSPS) is 39.6. The first kappa shape index (κ1) is 13.4. The summed E-state index contributed by atoms with van der Waals surface area (Å²) >= 11 is 0. The predicted molar refractivity (Wildman–Crippen MR) is 75.4 cm³/mol. The van der Waals surface area contributed by atoms with Gasteiger partial charge in [0.2, 0.25) is 0 Å². The van der Waals surface area contributed by atoms with E-state index in [1.807, 2.05) is 38.0 Å². The molecule has 1 aromatic rings. The van der Waals surface area contributed by atoms with Crippen molar-refractivity contribution in [1.29, 1.82) is 0 Å². The van der Waals surface area contributed by atoms with Crippen LogP contribution in [-0.2, 0) is 16.5 Å².